The van der Waals surface area contributed by atoms with Crippen LogP contribution in [0.15, 0.2) is 36.4 Å². The average Bonchev–Trinajstić information content (AvgIpc) is 3.70. The Hall–Kier alpha value is -2.61. The second-order valence-corrected chi connectivity index (χ2v) is 11.8. The van der Waals surface area contributed by atoms with Gasteiger partial charge >= 0.3 is 12.1 Å². The van der Waals surface area contributed by atoms with E-state index in [4.69, 9.17) is 4.74 Å². The molecule has 1 saturated carbocycles. The van der Waals surface area contributed by atoms with Gasteiger partial charge in [0.1, 0.15) is 17.7 Å². The summed E-state index contributed by atoms with van der Waals surface area (Å²) in [5.41, 5.74) is 1.23. The van der Waals surface area contributed by atoms with E-state index < -0.39 is 35.5 Å². The highest BCUT2D eigenvalue weighted by Crippen LogP contribution is 2.48. The largest absolute Gasteiger partial charge is 0.489 e. The number of fused-ring (bicyclic) bond motifs is 5. The number of aryl methyl sites for hydroxylation is 1. The number of alkyl halides is 3. The molecule has 0 aromatic heterocycles. The predicted octanol–water partition coefficient (Wildman–Crippen LogP) is 7.62. The quantitative estimate of drug-likeness (QED) is 0.378. The van der Waals surface area contributed by atoms with E-state index in [0.717, 1.165) is 80.0 Å². The molecule has 0 spiro atoms. The molecule has 3 aliphatic heterocycles. The molecule has 2 fully saturated rings. The van der Waals surface area contributed by atoms with Crippen LogP contribution in [0.25, 0.3) is 0 Å². The van der Waals surface area contributed by atoms with Crippen LogP contribution >= 0.6 is 0 Å². The molecule has 6 rings (SSSR count). The zero-order valence-corrected chi connectivity index (χ0v) is 22.5. The Morgan fingerprint density at radius 3 is 2.49 bits per heavy atom. The van der Waals surface area contributed by atoms with Crippen molar-refractivity contribution in [2.75, 3.05) is 13.1 Å². The first-order chi connectivity index (χ1) is 18.5. The molecule has 4 aliphatic rings. The van der Waals surface area contributed by atoms with Gasteiger partial charge in [-0.1, -0.05) is 19.1 Å². The first kappa shape index (κ1) is 27.9. The highest BCUT2D eigenvalue weighted by Gasteiger charge is 2.40. The fraction of sp³-hybridized carbons (Fsp3) is 0.581. The molecule has 8 heteroatoms. The summed E-state index contributed by atoms with van der Waals surface area (Å²) in [7, 11) is 0. The first-order valence-corrected chi connectivity index (χ1v) is 14.1. The fourth-order valence-electron chi connectivity index (χ4n) is 6.68. The number of hydrogen-bond donors (Lipinski definition) is 1. The predicted molar refractivity (Wildman–Crippen MR) is 140 cm³/mol. The lowest BCUT2D eigenvalue weighted by Gasteiger charge is -2.39. The SMILES string of the molecule is C[C@H](C(=O)O)[C@H](c1ccc2c(c1)O[C@H]1CCC[C@@H](CC2)CN([C@@H](C)c2cc(F)ccc2C(F)(F)F)C1)C1CC1. The van der Waals surface area contributed by atoms with E-state index in [1.807, 2.05) is 11.0 Å². The molecule has 2 aromatic carbocycles. The van der Waals surface area contributed by atoms with E-state index in [1.54, 1.807) is 13.8 Å². The smallest absolute Gasteiger partial charge is 0.416 e. The lowest BCUT2D eigenvalue weighted by molar-refractivity contribution is -0.142. The van der Waals surface area contributed by atoms with E-state index >= 15 is 0 Å². The van der Waals surface area contributed by atoms with E-state index in [9.17, 15) is 27.5 Å². The van der Waals surface area contributed by atoms with Gasteiger partial charge in [0.2, 0.25) is 0 Å². The third kappa shape index (κ3) is 6.26. The van der Waals surface area contributed by atoms with Crippen LogP contribution in [0, 0.1) is 23.6 Å². The number of hydrogen-bond acceptors (Lipinski definition) is 3. The van der Waals surface area contributed by atoms with E-state index in [1.165, 1.54) is 0 Å². The van der Waals surface area contributed by atoms with Crippen LogP contribution in [0.5, 0.6) is 5.75 Å². The minimum atomic E-state index is -4.57. The number of aliphatic carboxylic acids is 1. The van der Waals surface area contributed by atoms with Gasteiger partial charge in [0.25, 0.3) is 0 Å². The second-order valence-electron chi connectivity index (χ2n) is 11.8. The molecule has 4 nitrogen and oxygen atoms in total. The Balaban J connectivity index is 1.45. The van der Waals surface area contributed by atoms with E-state index in [-0.39, 0.29) is 17.6 Å². The maximum Gasteiger partial charge on any atom is 0.416 e. The Morgan fingerprint density at radius 1 is 1.03 bits per heavy atom. The van der Waals surface area contributed by atoms with Crippen molar-refractivity contribution in [2.24, 2.45) is 17.8 Å². The van der Waals surface area contributed by atoms with Gasteiger partial charge in [-0.2, -0.15) is 13.2 Å². The number of carbonyl (C=O) groups is 1. The molecule has 0 amide bonds. The normalized spacial score (nSPS) is 24.7. The molecule has 39 heavy (non-hydrogen) atoms. The molecular weight excluding hydrogens is 510 g/mol. The third-order valence-electron chi connectivity index (χ3n) is 9.04. The summed E-state index contributed by atoms with van der Waals surface area (Å²) >= 11 is 0. The minimum absolute atomic E-state index is 0.0461. The maximum atomic E-state index is 14.1. The van der Waals surface area contributed by atoms with Crippen molar-refractivity contribution < 1.29 is 32.2 Å². The van der Waals surface area contributed by atoms with Crippen LogP contribution in [-0.2, 0) is 17.4 Å². The van der Waals surface area contributed by atoms with Crippen LogP contribution in [0.4, 0.5) is 17.6 Å². The van der Waals surface area contributed by atoms with Gasteiger partial charge in [-0.3, -0.25) is 9.69 Å². The van der Waals surface area contributed by atoms with E-state index in [0.29, 0.717) is 24.9 Å². The Morgan fingerprint density at radius 2 is 1.79 bits per heavy atom. The molecular formula is C31H37F4NO3. The summed E-state index contributed by atoms with van der Waals surface area (Å²) in [4.78, 5) is 13.9. The van der Waals surface area contributed by atoms with Crippen molar-refractivity contribution in [3.8, 4) is 5.75 Å². The molecule has 0 radical (unpaired) electrons. The second kappa shape index (κ2) is 11.1. The number of halogens is 4. The summed E-state index contributed by atoms with van der Waals surface area (Å²) < 4.78 is 62.3. The lowest BCUT2D eigenvalue weighted by Crippen LogP contribution is -2.43. The van der Waals surface area contributed by atoms with E-state index in [2.05, 4.69) is 12.1 Å². The van der Waals surface area contributed by atoms with Crippen molar-refractivity contribution in [1.82, 2.24) is 4.90 Å². The van der Waals surface area contributed by atoms with Gasteiger partial charge in [-0.05, 0) is 111 Å². The fourth-order valence-corrected chi connectivity index (χ4v) is 6.68. The summed E-state index contributed by atoms with van der Waals surface area (Å²) in [6.07, 6.45) is 1.61. The van der Waals surface area contributed by atoms with Gasteiger partial charge in [-0.25, -0.2) is 4.39 Å². The van der Waals surface area contributed by atoms with Crippen molar-refractivity contribution in [3.05, 3.63) is 64.5 Å². The van der Waals surface area contributed by atoms with Crippen molar-refractivity contribution in [3.63, 3.8) is 0 Å². The zero-order chi connectivity index (χ0) is 27.9. The minimum Gasteiger partial charge on any atom is -0.489 e. The van der Waals surface area contributed by atoms with Crippen LogP contribution in [-0.4, -0.2) is 35.2 Å². The Bertz CT molecular complexity index is 1190. The number of ether oxygens (including phenoxy) is 1. The topological polar surface area (TPSA) is 49.8 Å². The average molecular weight is 548 g/mol. The highest BCUT2D eigenvalue weighted by atomic mass is 19.4. The van der Waals surface area contributed by atoms with Crippen LogP contribution in [0.3, 0.4) is 0 Å². The van der Waals surface area contributed by atoms with Crippen molar-refractivity contribution in [2.45, 2.75) is 83.0 Å². The lowest BCUT2D eigenvalue weighted by atomic mass is 9.82. The summed E-state index contributed by atoms with van der Waals surface area (Å²) in [6, 6.07) is 8.25. The number of carboxylic acids is 1. The number of rotatable bonds is 6. The summed E-state index contributed by atoms with van der Waals surface area (Å²) in [5.74, 6) is -0.632. The molecule has 5 atom stereocenters. The zero-order valence-electron chi connectivity index (χ0n) is 22.5. The number of benzene rings is 2. The van der Waals surface area contributed by atoms with Gasteiger partial charge in [-0.15, -0.1) is 0 Å². The van der Waals surface area contributed by atoms with Crippen LogP contribution in [0.2, 0.25) is 0 Å². The van der Waals surface area contributed by atoms with Crippen molar-refractivity contribution in [1.29, 1.82) is 0 Å². The molecule has 3 heterocycles. The Kier molecular flexibility index (Phi) is 7.96. The first-order valence-electron chi connectivity index (χ1n) is 14.1. The number of carboxylic acid groups (broad SMARTS) is 1. The van der Waals surface area contributed by atoms with Gasteiger partial charge in [0.15, 0.2) is 0 Å². The van der Waals surface area contributed by atoms with Crippen LogP contribution in [0.1, 0.15) is 86.6 Å². The molecule has 1 saturated heterocycles. The molecule has 1 aliphatic carbocycles. The van der Waals surface area contributed by atoms with Gasteiger partial charge in [0, 0.05) is 19.1 Å². The summed E-state index contributed by atoms with van der Waals surface area (Å²) in [6.45, 7) is 4.56. The summed E-state index contributed by atoms with van der Waals surface area (Å²) in [5, 5.41) is 9.73. The van der Waals surface area contributed by atoms with Crippen LogP contribution < -0.4 is 4.74 Å². The monoisotopic (exact) mass is 547 g/mol. The maximum absolute atomic E-state index is 14.1. The molecule has 1 N–H and O–H groups in total. The highest BCUT2D eigenvalue weighted by molar-refractivity contribution is 5.71. The number of nitrogens with zero attached hydrogens (tertiary/aromatic N) is 1. The Labute approximate surface area is 227 Å². The molecule has 0 unspecified atom stereocenters. The molecule has 2 aromatic rings. The van der Waals surface area contributed by atoms with Gasteiger partial charge in [0.05, 0.1) is 11.5 Å². The van der Waals surface area contributed by atoms with Gasteiger partial charge < -0.3 is 9.84 Å². The standard InChI is InChI=1S/C31H37F4NO3/c1-18(30(37)38)29(22-9-10-22)23-11-8-21-7-6-20-4-3-5-25(39-28(21)14-23)17-36(16-20)19(2)26-15-24(32)12-13-27(26)31(33,34)35/h8,11-15,18-20,22,25,29H,3-7,9-10,16-17H2,1-2H3,(H,37,38)/t18-,19-,20-,25-,29-/m0/s1. The third-order valence-corrected chi connectivity index (χ3v) is 9.04. The molecule has 212 valence electrons. The van der Waals surface area contributed by atoms with Crippen molar-refractivity contribution >= 4 is 5.97 Å². The molecule has 2 bridgehead atoms.